The first-order valence-electron chi connectivity index (χ1n) is 6.15. The Labute approximate surface area is 119 Å². The lowest BCUT2D eigenvalue weighted by molar-refractivity contribution is -0.119. The highest BCUT2D eigenvalue weighted by molar-refractivity contribution is 9.10. The monoisotopic (exact) mass is 336 g/mol. The zero-order valence-corrected chi connectivity index (χ0v) is 12.2. The standard InChI is InChI=1S/C13H16BrF3N2/c1-19(8-13(15,16)17)12-5-2-10(14)6-9(12)7-18-11-3-4-11/h2,5-6,11,18H,3-4,7-8H2,1H3. The summed E-state index contributed by atoms with van der Waals surface area (Å²) in [6.07, 6.45) is -1.88. The van der Waals surface area contributed by atoms with Gasteiger partial charge in [0.1, 0.15) is 6.54 Å². The van der Waals surface area contributed by atoms with Gasteiger partial charge in [-0.05, 0) is 36.6 Å². The van der Waals surface area contributed by atoms with E-state index in [0.717, 1.165) is 22.9 Å². The first kappa shape index (κ1) is 14.7. The van der Waals surface area contributed by atoms with E-state index in [9.17, 15) is 13.2 Å². The first-order valence-corrected chi connectivity index (χ1v) is 6.94. The number of alkyl halides is 3. The molecule has 0 radical (unpaired) electrons. The molecule has 1 saturated carbocycles. The molecule has 0 saturated heterocycles. The maximum atomic E-state index is 12.5. The lowest BCUT2D eigenvalue weighted by Gasteiger charge is -2.24. The Hall–Kier alpha value is -0.750. The van der Waals surface area contributed by atoms with Crippen molar-refractivity contribution in [2.45, 2.75) is 31.6 Å². The molecule has 0 spiro atoms. The summed E-state index contributed by atoms with van der Waals surface area (Å²) < 4.78 is 38.3. The van der Waals surface area contributed by atoms with Gasteiger partial charge in [-0.1, -0.05) is 15.9 Å². The van der Waals surface area contributed by atoms with Gasteiger partial charge in [0.25, 0.3) is 0 Å². The van der Waals surface area contributed by atoms with Gasteiger partial charge in [0.15, 0.2) is 0 Å². The molecule has 0 aromatic heterocycles. The minimum atomic E-state index is -4.19. The smallest absolute Gasteiger partial charge is 0.365 e. The highest BCUT2D eigenvalue weighted by Crippen LogP contribution is 2.28. The van der Waals surface area contributed by atoms with E-state index in [4.69, 9.17) is 0 Å². The van der Waals surface area contributed by atoms with Gasteiger partial charge in [-0.15, -0.1) is 0 Å². The van der Waals surface area contributed by atoms with Gasteiger partial charge in [0.05, 0.1) is 0 Å². The summed E-state index contributed by atoms with van der Waals surface area (Å²) in [5.74, 6) is 0. The van der Waals surface area contributed by atoms with E-state index in [0.29, 0.717) is 18.3 Å². The second-order valence-electron chi connectivity index (χ2n) is 4.90. The largest absolute Gasteiger partial charge is 0.405 e. The SMILES string of the molecule is CN(CC(F)(F)F)c1ccc(Br)cc1CNC1CC1. The van der Waals surface area contributed by atoms with E-state index in [1.807, 2.05) is 6.07 Å². The van der Waals surface area contributed by atoms with Crippen LogP contribution in [0.4, 0.5) is 18.9 Å². The van der Waals surface area contributed by atoms with Crippen LogP contribution in [-0.2, 0) is 6.54 Å². The third-order valence-electron chi connectivity index (χ3n) is 3.03. The van der Waals surface area contributed by atoms with Crippen molar-refractivity contribution in [2.75, 3.05) is 18.5 Å². The topological polar surface area (TPSA) is 15.3 Å². The Bertz CT molecular complexity index is 444. The molecule has 1 aromatic rings. The van der Waals surface area contributed by atoms with Crippen molar-refractivity contribution in [3.8, 4) is 0 Å². The van der Waals surface area contributed by atoms with E-state index in [1.54, 1.807) is 12.1 Å². The lowest BCUT2D eigenvalue weighted by Crippen LogP contribution is -2.32. The van der Waals surface area contributed by atoms with Crippen LogP contribution in [0.5, 0.6) is 0 Å². The second-order valence-corrected chi connectivity index (χ2v) is 5.82. The summed E-state index contributed by atoms with van der Waals surface area (Å²) in [5, 5.41) is 3.33. The fourth-order valence-electron chi connectivity index (χ4n) is 1.96. The number of anilines is 1. The second kappa shape index (κ2) is 5.71. The molecule has 2 nitrogen and oxygen atoms in total. The van der Waals surface area contributed by atoms with Crippen LogP contribution in [0.3, 0.4) is 0 Å². The number of halogens is 4. The van der Waals surface area contributed by atoms with E-state index in [-0.39, 0.29) is 0 Å². The van der Waals surface area contributed by atoms with Crippen molar-refractivity contribution in [1.29, 1.82) is 0 Å². The normalized spacial score (nSPS) is 15.6. The zero-order valence-electron chi connectivity index (χ0n) is 10.6. The number of nitrogens with zero attached hydrogens (tertiary/aromatic N) is 1. The van der Waals surface area contributed by atoms with E-state index in [2.05, 4.69) is 21.2 Å². The molecule has 0 atom stereocenters. The summed E-state index contributed by atoms with van der Waals surface area (Å²) in [5.41, 5.74) is 1.50. The van der Waals surface area contributed by atoms with Crippen molar-refractivity contribution < 1.29 is 13.2 Å². The Kier molecular flexibility index (Phi) is 4.40. The fourth-order valence-corrected chi connectivity index (χ4v) is 2.37. The molecule has 0 bridgehead atoms. The number of hydrogen-bond donors (Lipinski definition) is 1. The van der Waals surface area contributed by atoms with E-state index in [1.165, 1.54) is 11.9 Å². The third kappa shape index (κ3) is 4.69. The van der Waals surface area contributed by atoms with Crippen molar-refractivity contribution in [2.24, 2.45) is 0 Å². The van der Waals surface area contributed by atoms with Gasteiger partial charge < -0.3 is 10.2 Å². The molecule has 0 amide bonds. The van der Waals surface area contributed by atoms with Crippen molar-refractivity contribution >= 4 is 21.6 Å². The van der Waals surface area contributed by atoms with Crippen molar-refractivity contribution in [1.82, 2.24) is 5.32 Å². The van der Waals surface area contributed by atoms with Gasteiger partial charge in [-0.3, -0.25) is 0 Å². The maximum absolute atomic E-state index is 12.5. The van der Waals surface area contributed by atoms with Gasteiger partial charge in [0, 0.05) is 29.8 Å². The molecule has 0 unspecified atom stereocenters. The van der Waals surface area contributed by atoms with Gasteiger partial charge in [-0.25, -0.2) is 0 Å². The molecule has 1 aliphatic carbocycles. The highest BCUT2D eigenvalue weighted by atomic mass is 79.9. The Morgan fingerprint density at radius 3 is 2.63 bits per heavy atom. The average molecular weight is 337 g/mol. The lowest BCUT2D eigenvalue weighted by atomic mass is 10.1. The van der Waals surface area contributed by atoms with E-state index < -0.39 is 12.7 Å². The molecule has 1 aliphatic rings. The van der Waals surface area contributed by atoms with Crippen LogP contribution in [0, 0.1) is 0 Å². The molecular formula is C13H16BrF3N2. The minimum Gasteiger partial charge on any atom is -0.365 e. The predicted molar refractivity (Wildman–Crippen MR) is 73.3 cm³/mol. The summed E-state index contributed by atoms with van der Waals surface area (Å²) in [7, 11) is 1.47. The summed E-state index contributed by atoms with van der Waals surface area (Å²) in [6.45, 7) is -0.341. The molecule has 0 aliphatic heterocycles. The van der Waals surface area contributed by atoms with Crippen LogP contribution >= 0.6 is 15.9 Å². The van der Waals surface area contributed by atoms with Crippen molar-refractivity contribution in [3.63, 3.8) is 0 Å². The number of hydrogen-bond acceptors (Lipinski definition) is 2. The molecule has 1 aromatic carbocycles. The molecule has 106 valence electrons. The number of benzene rings is 1. The van der Waals surface area contributed by atoms with Crippen molar-refractivity contribution in [3.05, 3.63) is 28.2 Å². The third-order valence-corrected chi connectivity index (χ3v) is 3.52. The van der Waals surface area contributed by atoms with Crippen LogP contribution in [0.2, 0.25) is 0 Å². The predicted octanol–water partition coefficient (Wildman–Crippen LogP) is 3.70. The molecule has 2 rings (SSSR count). The van der Waals surface area contributed by atoms with Crippen LogP contribution in [0.1, 0.15) is 18.4 Å². The maximum Gasteiger partial charge on any atom is 0.405 e. The number of nitrogens with one attached hydrogen (secondary N) is 1. The van der Waals surface area contributed by atoms with Crippen LogP contribution in [-0.4, -0.2) is 25.8 Å². The van der Waals surface area contributed by atoms with Gasteiger partial charge >= 0.3 is 6.18 Å². The molecule has 19 heavy (non-hydrogen) atoms. The quantitative estimate of drug-likeness (QED) is 0.881. The number of rotatable bonds is 5. The van der Waals surface area contributed by atoms with Crippen LogP contribution < -0.4 is 10.2 Å². The summed E-state index contributed by atoms with van der Waals surface area (Å²) in [6, 6.07) is 5.89. The molecule has 0 heterocycles. The van der Waals surface area contributed by atoms with Gasteiger partial charge in [-0.2, -0.15) is 13.2 Å². The zero-order chi connectivity index (χ0) is 14.0. The Morgan fingerprint density at radius 1 is 1.37 bits per heavy atom. The Morgan fingerprint density at radius 2 is 2.05 bits per heavy atom. The van der Waals surface area contributed by atoms with Crippen LogP contribution in [0.25, 0.3) is 0 Å². The summed E-state index contributed by atoms with van der Waals surface area (Å²) >= 11 is 3.36. The minimum absolute atomic E-state index is 0.528. The molecule has 1 fully saturated rings. The van der Waals surface area contributed by atoms with Crippen LogP contribution in [0.15, 0.2) is 22.7 Å². The summed E-state index contributed by atoms with van der Waals surface area (Å²) in [4.78, 5) is 1.25. The Balaban J connectivity index is 2.12. The molecular weight excluding hydrogens is 321 g/mol. The average Bonchev–Trinajstić information content (AvgIpc) is 3.07. The fraction of sp³-hybridized carbons (Fsp3) is 0.538. The highest BCUT2D eigenvalue weighted by Gasteiger charge is 2.30. The first-order chi connectivity index (χ1) is 8.85. The van der Waals surface area contributed by atoms with E-state index >= 15 is 0 Å². The molecule has 1 N–H and O–H groups in total. The van der Waals surface area contributed by atoms with Gasteiger partial charge in [0.2, 0.25) is 0 Å². The molecule has 6 heteroatoms.